The second-order valence-corrected chi connectivity index (χ2v) is 5.76. The van der Waals surface area contributed by atoms with Crippen molar-refractivity contribution in [2.75, 3.05) is 24.3 Å². The summed E-state index contributed by atoms with van der Waals surface area (Å²) in [7, 11) is 1.63. The average Bonchev–Trinajstić information content (AvgIpc) is 2.51. The molecule has 0 atom stereocenters. The number of benzene rings is 1. The Balaban J connectivity index is 2.13. The molecule has 2 N–H and O–H groups in total. The topological polar surface area (TPSA) is 59.1 Å². The molecule has 1 aromatic heterocycles. The van der Waals surface area contributed by atoms with E-state index >= 15 is 0 Å². The largest absolute Gasteiger partial charge is 0.495 e. The first kappa shape index (κ1) is 17.3. The van der Waals surface area contributed by atoms with Gasteiger partial charge in [-0.15, -0.1) is 0 Å². The Labute approximate surface area is 142 Å². The summed E-state index contributed by atoms with van der Waals surface area (Å²) in [5, 5.41) is 7.15. The maximum absolute atomic E-state index is 6.06. The first-order chi connectivity index (χ1) is 11.1. The van der Waals surface area contributed by atoms with Crippen LogP contribution < -0.4 is 15.4 Å². The lowest BCUT2D eigenvalue weighted by atomic mass is 10.2. The van der Waals surface area contributed by atoms with Crippen LogP contribution in [0, 0.1) is 6.92 Å². The zero-order valence-electron chi connectivity index (χ0n) is 13.8. The summed E-state index contributed by atoms with van der Waals surface area (Å²) >= 11 is 6.06. The van der Waals surface area contributed by atoms with Gasteiger partial charge in [-0.05, 0) is 31.5 Å². The van der Waals surface area contributed by atoms with Gasteiger partial charge in [0.15, 0.2) is 0 Å². The van der Waals surface area contributed by atoms with Crippen LogP contribution in [0.15, 0.2) is 24.3 Å². The van der Waals surface area contributed by atoms with Crippen LogP contribution in [0.1, 0.15) is 31.9 Å². The quantitative estimate of drug-likeness (QED) is 0.679. The fourth-order valence-corrected chi connectivity index (χ4v) is 2.37. The lowest BCUT2D eigenvalue weighted by molar-refractivity contribution is 0.417. The summed E-state index contributed by atoms with van der Waals surface area (Å²) < 4.78 is 5.34. The molecule has 124 valence electrons. The number of nitrogens with one attached hydrogen (secondary N) is 2. The van der Waals surface area contributed by atoms with E-state index in [1.807, 2.05) is 25.1 Å². The predicted molar refractivity (Wildman–Crippen MR) is 96.1 cm³/mol. The Morgan fingerprint density at radius 1 is 1.17 bits per heavy atom. The maximum Gasteiger partial charge on any atom is 0.224 e. The smallest absolute Gasteiger partial charge is 0.224 e. The third-order valence-electron chi connectivity index (χ3n) is 3.34. The molecule has 2 rings (SSSR count). The van der Waals surface area contributed by atoms with Crippen LogP contribution in [0.3, 0.4) is 0 Å². The highest BCUT2D eigenvalue weighted by Gasteiger charge is 2.07. The molecule has 0 aliphatic rings. The van der Waals surface area contributed by atoms with Gasteiger partial charge in [-0.25, -0.2) is 4.98 Å². The molecule has 0 radical (unpaired) electrons. The van der Waals surface area contributed by atoms with Crippen molar-refractivity contribution in [3.63, 3.8) is 0 Å². The minimum absolute atomic E-state index is 0.629. The van der Waals surface area contributed by atoms with Crippen LogP contribution in [0.2, 0.25) is 5.02 Å². The summed E-state index contributed by atoms with van der Waals surface area (Å²) in [6.07, 6.45) is 3.50. The molecule has 0 fully saturated rings. The average molecular weight is 335 g/mol. The van der Waals surface area contributed by atoms with Crippen molar-refractivity contribution in [2.45, 2.75) is 33.1 Å². The Morgan fingerprint density at radius 2 is 2.00 bits per heavy atom. The third-order valence-corrected chi connectivity index (χ3v) is 3.58. The normalized spacial score (nSPS) is 10.4. The van der Waals surface area contributed by atoms with Gasteiger partial charge in [-0.1, -0.05) is 31.4 Å². The molecule has 23 heavy (non-hydrogen) atoms. The summed E-state index contributed by atoms with van der Waals surface area (Å²) in [4.78, 5) is 8.91. The molecule has 0 spiro atoms. The Kier molecular flexibility index (Phi) is 6.47. The van der Waals surface area contributed by atoms with Gasteiger partial charge in [-0.2, -0.15) is 4.98 Å². The highest BCUT2D eigenvalue weighted by atomic mass is 35.5. The second-order valence-electron chi connectivity index (χ2n) is 5.32. The number of unbranched alkanes of at least 4 members (excludes halogenated alkanes) is 2. The molecule has 0 aliphatic carbocycles. The Bertz CT molecular complexity index is 648. The Morgan fingerprint density at radius 3 is 2.74 bits per heavy atom. The number of rotatable bonds is 8. The molecular formula is C17H23ClN4O. The van der Waals surface area contributed by atoms with E-state index in [-0.39, 0.29) is 0 Å². The minimum Gasteiger partial charge on any atom is -0.495 e. The summed E-state index contributed by atoms with van der Waals surface area (Å²) in [5.74, 6) is 2.05. The lowest BCUT2D eigenvalue weighted by Crippen LogP contribution is -2.07. The molecular weight excluding hydrogens is 312 g/mol. The fourth-order valence-electron chi connectivity index (χ4n) is 2.20. The van der Waals surface area contributed by atoms with Crippen molar-refractivity contribution in [1.29, 1.82) is 0 Å². The van der Waals surface area contributed by atoms with Gasteiger partial charge >= 0.3 is 0 Å². The van der Waals surface area contributed by atoms with E-state index in [1.54, 1.807) is 13.2 Å². The number of hydrogen-bond donors (Lipinski definition) is 2. The van der Waals surface area contributed by atoms with Crippen molar-refractivity contribution >= 4 is 29.1 Å². The lowest BCUT2D eigenvalue weighted by Gasteiger charge is -2.13. The van der Waals surface area contributed by atoms with E-state index in [9.17, 15) is 0 Å². The highest BCUT2D eigenvalue weighted by Crippen LogP contribution is 2.30. The summed E-state index contributed by atoms with van der Waals surface area (Å²) in [6, 6.07) is 7.31. The molecule has 1 heterocycles. The van der Waals surface area contributed by atoms with Gasteiger partial charge in [0.2, 0.25) is 5.95 Å². The van der Waals surface area contributed by atoms with Crippen LogP contribution in [0.4, 0.5) is 17.5 Å². The predicted octanol–water partition coefficient (Wildman–Crippen LogP) is 4.79. The van der Waals surface area contributed by atoms with Gasteiger partial charge in [-0.3, -0.25) is 0 Å². The molecule has 0 saturated carbocycles. The zero-order valence-corrected chi connectivity index (χ0v) is 14.6. The van der Waals surface area contributed by atoms with Crippen molar-refractivity contribution in [2.24, 2.45) is 0 Å². The van der Waals surface area contributed by atoms with E-state index in [1.165, 1.54) is 12.8 Å². The van der Waals surface area contributed by atoms with Crippen LogP contribution in [0.25, 0.3) is 0 Å². The first-order valence-electron chi connectivity index (χ1n) is 7.82. The van der Waals surface area contributed by atoms with Gasteiger partial charge in [0.25, 0.3) is 0 Å². The van der Waals surface area contributed by atoms with Crippen LogP contribution in [0.5, 0.6) is 5.75 Å². The summed E-state index contributed by atoms with van der Waals surface area (Å²) in [5.41, 5.74) is 1.66. The molecule has 1 aromatic carbocycles. The Hall–Kier alpha value is -2.01. The number of hydrogen-bond acceptors (Lipinski definition) is 5. The zero-order chi connectivity index (χ0) is 16.7. The van der Waals surface area contributed by atoms with Crippen molar-refractivity contribution < 1.29 is 4.74 Å². The maximum atomic E-state index is 6.06. The monoisotopic (exact) mass is 334 g/mol. The molecule has 0 amide bonds. The highest BCUT2D eigenvalue weighted by molar-refractivity contribution is 6.31. The van der Waals surface area contributed by atoms with Gasteiger partial charge in [0.1, 0.15) is 11.6 Å². The molecule has 0 aliphatic heterocycles. The molecule has 0 bridgehead atoms. The van der Waals surface area contributed by atoms with Crippen LogP contribution in [-0.4, -0.2) is 23.6 Å². The van der Waals surface area contributed by atoms with E-state index in [0.717, 1.165) is 24.3 Å². The van der Waals surface area contributed by atoms with Crippen LogP contribution in [-0.2, 0) is 0 Å². The van der Waals surface area contributed by atoms with Gasteiger partial charge in [0.05, 0.1) is 12.8 Å². The van der Waals surface area contributed by atoms with Crippen molar-refractivity contribution in [1.82, 2.24) is 9.97 Å². The number of anilines is 3. The second kappa shape index (κ2) is 8.58. The minimum atomic E-state index is 0.629. The standard InChI is InChI=1S/C17H23ClN4O/c1-4-5-6-9-19-17-20-12(2)10-16(22-17)21-14-11-13(18)7-8-15(14)23-3/h7-8,10-11H,4-6,9H2,1-3H3,(H2,19,20,21,22). The first-order valence-corrected chi connectivity index (χ1v) is 8.20. The van der Waals surface area contributed by atoms with Gasteiger partial charge in [0, 0.05) is 23.3 Å². The SMILES string of the molecule is CCCCCNc1nc(C)cc(Nc2cc(Cl)ccc2OC)n1. The number of methoxy groups -OCH3 is 1. The number of ether oxygens (including phenoxy) is 1. The molecule has 6 heteroatoms. The van der Waals surface area contributed by atoms with Crippen molar-refractivity contribution in [3.8, 4) is 5.75 Å². The van der Waals surface area contributed by atoms with Crippen molar-refractivity contribution in [3.05, 3.63) is 35.0 Å². The van der Waals surface area contributed by atoms with E-state index in [4.69, 9.17) is 16.3 Å². The number of aryl methyl sites for hydroxylation is 1. The van der Waals surface area contributed by atoms with E-state index in [0.29, 0.717) is 22.5 Å². The molecule has 2 aromatic rings. The third kappa shape index (κ3) is 5.28. The van der Waals surface area contributed by atoms with E-state index in [2.05, 4.69) is 27.5 Å². The number of aromatic nitrogens is 2. The molecule has 0 unspecified atom stereocenters. The number of nitrogens with zero attached hydrogens (tertiary/aromatic N) is 2. The summed E-state index contributed by atoms with van der Waals surface area (Å²) in [6.45, 7) is 5.00. The number of halogens is 1. The van der Waals surface area contributed by atoms with Gasteiger partial charge < -0.3 is 15.4 Å². The fraction of sp³-hybridized carbons (Fsp3) is 0.412. The van der Waals surface area contributed by atoms with Crippen LogP contribution >= 0.6 is 11.6 Å². The van der Waals surface area contributed by atoms with E-state index < -0.39 is 0 Å². The molecule has 5 nitrogen and oxygen atoms in total. The molecule has 0 saturated heterocycles.